The highest BCUT2D eigenvalue weighted by Gasteiger charge is 2.35. The summed E-state index contributed by atoms with van der Waals surface area (Å²) in [6, 6.07) is 4.36. The molecule has 1 fully saturated rings. The molecule has 2 N–H and O–H groups in total. The SMILES string of the molecule is COCC1(CNS(=O)(=O)c2cc(Cl)ccc2Cl)CCCN1.Cl. The molecule has 0 aromatic heterocycles. The van der Waals surface area contributed by atoms with Gasteiger partial charge in [-0.2, -0.15) is 0 Å². The van der Waals surface area contributed by atoms with Crippen molar-refractivity contribution in [3.05, 3.63) is 28.2 Å². The topological polar surface area (TPSA) is 67.4 Å². The monoisotopic (exact) mass is 388 g/mol. The number of methoxy groups -OCH3 is 1. The molecule has 1 unspecified atom stereocenters. The van der Waals surface area contributed by atoms with Crippen molar-refractivity contribution in [2.24, 2.45) is 0 Å². The Labute approximate surface area is 147 Å². The molecule has 0 aliphatic carbocycles. The second-order valence-electron chi connectivity index (χ2n) is 5.14. The van der Waals surface area contributed by atoms with Crippen LogP contribution in [0.2, 0.25) is 10.0 Å². The molecule has 1 aliphatic rings. The summed E-state index contributed by atoms with van der Waals surface area (Å²) >= 11 is 11.8. The fraction of sp³-hybridized carbons (Fsp3) is 0.538. The van der Waals surface area contributed by atoms with Gasteiger partial charge in [-0.05, 0) is 37.6 Å². The first-order valence-electron chi connectivity index (χ1n) is 6.57. The molecule has 0 spiro atoms. The third-order valence-electron chi connectivity index (χ3n) is 3.54. The maximum atomic E-state index is 12.4. The molecular formula is C13H19Cl3N2O3S. The van der Waals surface area contributed by atoms with Crippen LogP contribution in [0.25, 0.3) is 0 Å². The Balaban J connectivity index is 0.00000242. The predicted molar refractivity (Wildman–Crippen MR) is 90.7 cm³/mol. The summed E-state index contributed by atoms with van der Waals surface area (Å²) in [5, 5.41) is 3.78. The van der Waals surface area contributed by atoms with Gasteiger partial charge in [0.1, 0.15) is 4.90 Å². The molecule has 0 amide bonds. The lowest BCUT2D eigenvalue weighted by Crippen LogP contribution is -2.52. The number of ether oxygens (including phenoxy) is 1. The number of nitrogens with one attached hydrogen (secondary N) is 2. The van der Waals surface area contributed by atoms with Crippen molar-refractivity contribution in [2.45, 2.75) is 23.3 Å². The first-order valence-corrected chi connectivity index (χ1v) is 8.81. The minimum atomic E-state index is -3.72. The first-order chi connectivity index (χ1) is 9.88. The molecule has 1 heterocycles. The van der Waals surface area contributed by atoms with E-state index in [1.54, 1.807) is 13.2 Å². The Hall–Kier alpha value is -0.0800. The molecule has 126 valence electrons. The highest BCUT2D eigenvalue weighted by molar-refractivity contribution is 7.89. The van der Waals surface area contributed by atoms with Gasteiger partial charge in [-0.15, -0.1) is 12.4 Å². The number of halogens is 3. The fourth-order valence-corrected chi connectivity index (χ4v) is 4.35. The van der Waals surface area contributed by atoms with Gasteiger partial charge in [-0.25, -0.2) is 13.1 Å². The van der Waals surface area contributed by atoms with E-state index in [0.717, 1.165) is 19.4 Å². The van der Waals surface area contributed by atoms with E-state index in [1.807, 2.05) is 0 Å². The Morgan fingerprint density at radius 3 is 2.73 bits per heavy atom. The van der Waals surface area contributed by atoms with Crippen LogP contribution in [0.4, 0.5) is 0 Å². The fourth-order valence-electron chi connectivity index (χ4n) is 2.46. The van der Waals surface area contributed by atoms with Crippen LogP contribution >= 0.6 is 35.6 Å². The second kappa shape index (κ2) is 8.15. The quantitative estimate of drug-likeness (QED) is 0.784. The molecule has 1 aromatic rings. The third-order valence-corrected chi connectivity index (χ3v) is 5.65. The van der Waals surface area contributed by atoms with E-state index < -0.39 is 10.0 Å². The normalized spacial score (nSPS) is 21.6. The Morgan fingerprint density at radius 1 is 1.41 bits per heavy atom. The molecule has 2 rings (SSSR count). The van der Waals surface area contributed by atoms with Crippen molar-refractivity contribution >= 4 is 45.6 Å². The zero-order chi connectivity index (χ0) is 15.5. The number of rotatable bonds is 6. The van der Waals surface area contributed by atoms with Crippen LogP contribution in [-0.2, 0) is 14.8 Å². The summed E-state index contributed by atoms with van der Waals surface area (Å²) in [4.78, 5) is -0.0118. The highest BCUT2D eigenvalue weighted by atomic mass is 35.5. The summed E-state index contributed by atoms with van der Waals surface area (Å²) in [5.41, 5.74) is -0.368. The minimum Gasteiger partial charge on any atom is -0.383 e. The van der Waals surface area contributed by atoms with Crippen LogP contribution in [0.3, 0.4) is 0 Å². The average molecular weight is 390 g/mol. The van der Waals surface area contributed by atoms with E-state index >= 15 is 0 Å². The van der Waals surface area contributed by atoms with E-state index in [0.29, 0.717) is 11.6 Å². The average Bonchev–Trinajstić information content (AvgIpc) is 2.89. The molecule has 1 aliphatic heterocycles. The number of benzene rings is 1. The smallest absolute Gasteiger partial charge is 0.242 e. The van der Waals surface area contributed by atoms with Crippen molar-refractivity contribution in [1.29, 1.82) is 0 Å². The molecule has 0 radical (unpaired) electrons. The lowest BCUT2D eigenvalue weighted by molar-refractivity contribution is 0.122. The number of hydrogen-bond acceptors (Lipinski definition) is 4. The van der Waals surface area contributed by atoms with Gasteiger partial charge in [-0.1, -0.05) is 23.2 Å². The Morgan fingerprint density at radius 2 is 2.14 bits per heavy atom. The summed E-state index contributed by atoms with van der Waals surface area (Å²) in [6.07, 6.45) is 1.84. The van der Waals surface area contributed by atoms with Gasteiger partial charge in [0.25, 0.3) is 0 Å². The van der Waals surface area contributed by atoms with E-state index in [-0.39, 0.29) is 34.4 Å². The summed E-state index contributed by atoms with van der Waals surface area (Å²) < 4.78 is 32.6. The predicted octanol–water partition coefficient (Wildman–Crippen LogP) is 2.46. The molecule has 22 heavy (non-hydrogen) atoms. The van der Waals surface area contributed by atoms with E-state index in [1.165, 1.54) is 12.1 Å². The molecule has 0 bridgehead atoms. The van der Waals surface area contributed by atoms with Gasteiger partial charge in [0.2, 0.25) is 10.0 Å². The second-order valence-corrected chi connectivity index (χ2v) is 7.72. The molecule has 9 heteroatoms. The van der Waals surface area contributed by atoms with Crippen LogP contribution in [0.5, 0.6) is 0 Å². The van der Waals surface area contributed by atoms with Crippen molar-refractivity contribution in [1.82, 2.24) is 10.0 Å². The van der Waals surface area contributed by atoms with Crippen molar-refractivity contribution in [2.75, 3.05) is 26.8 Å². The molecule has 1 saturated heterocycles. The molecule has 1 atom stereocenters. The first kappa shape index (κ1) is 20.0. The van der Waals surface area contributed by atoms with E-state index in [4.69, 9.17) is 27.9 Å². The minimum absolute atomic E-state index is 0. The number of sulfonamides is 1. The highest BCUT2D eigenvalue weighted by Crippen LogP contribution is 2.26. The lowest BCUT2D eigenvalue weighted by atomic mass is 9.99. The van der Waals surface area contributed by atoms with Gasteiger partial charge in [-0.3, -0.25) is 0 Å². The van der Waals surface area contributed by atoms with Crippen LogP contribution in [0.15, 0.2) is 23.1 Å². The van der Waals surface area contributed by atoms with Gasteiger partial charge in [0, 0.05) is 18.7 Å². The maximum Gasteiger partial charge on any atom is 0.242 e. The van der Waals surface area contributed by atoms with E-state index in [9.17, 15) is 8.42 Å². The molecule has 1 aromatic carbocycles. The molecule has 5 nitrogen and oxygen atoms in total. The Kier molecular flexibility index (Phi) is 7.39. The summed E-state index contributed by atoms with van der Waals surface area (Å²) in [7, 11) is -2.12. The van der Waals surface area contributed by atoms with Crippen LogP contribution in [0.1, 0.15) is 12.8 Å². The summed E-state index contributed by atoms with van der Waals surface area (Å²) in [6.45, 7) is 1.54. The van der Waals surface area contributed by atoms with Gasteiger partial charge in [0.05, 0.1) is 17.2 Å². The van der Waals surface area contributed by atoms with Crippen LogP contribution in [-0.4, -0.2) is 40.8 Å². The largest absolute Gasteiger partial charge is 0.383 e. The number of hydrogen-bond donors (Lipinski definition) is 2. The maximum absolute atomic E-state index is 12.4. The zero-order valence-electron chi connectivity index (χ0n) is 12.1. The van der Waals surface area contributed by atoms with Crippen molar-refractivity contribution in [3.8, 4) is 0 Å². The molecule has 0 saturated carbocycles. The summed E-state index contributed by atoms with van der Waals surface area (Å²) in [5.74, 6) is 0. The van der Waals surface area contributed by atoms with Gasteiger partial charge >= 0.3 is 0 Å². The van der Waals surface area contributed by atoms with Crippen molar-refractivity contribution in [3.63, 3.8) is 0 Å². The van der Waals surface area contributed by atoms with Crippen molar-refractivity contribution < 1.29 is 13.2 Å². The zero-order valence-corrected chi connectivity index (χ0v) is 15.2. The third kappa shape index (κ3) is 4.71. The van der Waals surface area contributed by atoms with Crippen LogP contribution < -0.4 is 10.0 Å². The van der Waals surface area contributed by atoms with Gasteiger partial charge in [0.15, 0.2) is 0 Å². The standard InChI is InChI=1S/C13H18Cl2N2O3S.ClH/c1-20-9-13(5-2-6-16-13)8-17-21(18,19)12-7-10(14)3-4-11(12)15;/h3-4,7,16-17H,2,5-6,8-9H2,1H3;1H. The lowest BCUT2D eigenvalue weighted by Gasteiger charge is -2.28. The molecular weight excluding hydrogens is 371 g/mol. The van der Waals surface area contributed by atoms with E-state index in [2.05, 4.69) is 10.0 Å². The Bertz CT molecular complexity index is 605. The van der Waals surface area contributed by atoms with Crippen LogP contribution in [0, 0.1) is 0 Å². The van der Waals surface area contributed by atoms with Gasteiger partial charge < -0.3 is 10.1 Å².